The lowest BCUT2D eigenvalue weighted by atomic mass is 10.0. The fourth-order valence-corrected chi connectivity index (χ4v) is 10.0. The summed E-state index contributed by atoms with van der Waals surface area (Å²) in [6, 6.07) is 0. The molecule has 5 nitrogen and oxygen atoms in total. The zero-order valence-electron chi connectivity index (χ0n) is 52.4. The SMILES string of the molecule is CC/C=C\C/C=C\C/C=C\C/C=C\C/C=C\C/C=C\C/C=C\C/C=C\CCCCCCCCCCCCCCCCCCC(=O)OC(CO)COC(=O)CCCCCCCCCCCCCCCCCCCCCCCCCC. The molecule has 0 aromatic carbocycles. The molecule has 5 heteroatoms. The van der Waals surface area contributed by atoms with E-state index >= 15 is 0 Å². The van der Waals surface area contributed by atoms with Gasteiger partial charge in [-0.1, -0.05) is 349 Å². The van der Waals surface area contributed by atoms with Gasteiger partial charge in [0, 0.05) is 12.8 Å². The summed E-state index contributed by atoms with van der Waals surface area (Å²) < 4.78 is 10.8. The largest absolute Gasteiger partial charge is 0.462 e. The summed E-state index contributed by atoms with van der Waals surface area (Å²) >= 11 is 0. The summed E-state index contributed by atoms with van der Waals surface area (Å²) in [5.41, 5.74) is 0. The highest BCUT2D eigenvalue weighted by Crippen LogP contribution is 2.18. The van der Waals surface area contributed by atoms with Crippen molar-refractivity contribution >= 4 is 11.9 Å². The van der Waals surface area contributed by atoms with Crippen LogP contribution in [0.5, 0.6) is 0 Å². The first-order chi connectivity index (χ1) is 39.1. The molecular weight excluding hydrogens is 969 g/mol. The Bertz CT molecular complexity index is 1480. The third-order valence-corrected chi connectivity index (χ3v) is 15.1. The molecule has 456 valence electrons. The second-order valence-corrected chi connectivity index (χ2v) is 22.9. The molecule has 0 rings (SSSR count). The molecule has 1 atom stereocenters. The molecule has 0 amide bonds. The summed E-state index contributed by atoms with van der Waals surface area (Å²) in [7, 11) is 0. The van der Waals surface area contributed by atoms with Crippen molar-refractivity contribution in [3.63, 3.8) is 0 Å². The van der Waals surface area contributed by atoms with Crippen LogP contribution in [-0.4, -0.2) is 36.4 Å². The van der Waals surface area contributed by atoms with Gasteiger partial charge in [-0.3, -0.25) is 9.59 Å². The van der Waals surface area contributed by atoms with E-state index in [1.807, 2.05) is 0 Å². The number of rotatable bonds is 63. The van der Waals surface area contributed by atoms with Gasteiger partial charge in [-0.05, 0) is 77.0 Å². The van der Waals surface area contributed by atoms with Crippen LogP contribution in [0.1, 0.15) is 341 Å². The Morgan fingerprint density at radius 2 is 0.544 bits per heavy atom. The normalized spacial score (nSPS) is 12.8. The number of ether oxygens (including phenoxy) is 2. The van der Waals surface area contributed by atoms with E-state index in [2.05, 4.69) is 111 Å². The fourth-order valence-electron chi connectivity index (χ4n) is 10.0. The number of hydrogen-bond donors (Lipinski definition) is 1. The Labute approximate surface area is 491 Å². The molecule has 0 bridgehead atoms. The van der Waals surface area contributed by atoms with Crippen molar-refractivity contribution in [3.8, 4) is 0 Å². The van der Waals surface area contributed by atoms with Gasteiger partial charge in [-0.2, -0.15) is 0 Å². The van der Waals surface area contributed by atoms with E-state index in [9.17, 15) is 14.7 Å². The quantitative estimate of drug-likeness (QED) is 0.0373. The third-order valence-electron chi connectivity index (χ3n) is 15.1. The van der Waals surface area contributed by atoms with Crippen LogP contribution in [0.3, 0.4) is 0 Å². The van der Waals surface area contributed by atoms with Gasteiger partial charge in [0.1, 0.15) is 6.61 Å². The smallest absolute Gasteiger partial charge is 0.306 e. The van der Waals surface area contributed by atoms with E-state index < -0.39 is 6.10 Å². The van der Waals surface area contributed by atoms with Crippen LogP contribution >= 0.6 is 0 Å². The Morgan fingerprint density at radius 1 is 0.304 bits per heavy atom. The van der Waals surface area contributed by atoms with Gasteiger partial charge in [0.15, 0.2) is 6.10 Å². The second-order valence-electron chi connectivity index (χ2n) is 22.9. The van der Waals surface area contributed by atoms with Crippen molar-refractivity contribution in [3.05, 3.63) is 97.2 Å². The first-order valence-electron chi connectivity index (χ1n) is 34.3. The van der Waals surface area contributed by atoms with E-state index in [-0.39, 0.29) is 25.2 Å². The lowest BCUT2D eigenvalue weighted by Gasteiger charge is -2.15. The van der Waals surface area contributed by atoms with Crippen LogP contribution in [0.4, 0.5) is 0 Å². The fraction of sp³-hybridized carbons (Fsp3) is 0.757. The molecule has 0 saturated carbocycles. The molecule has 0 heterocycles. The summed E-state index contributed by atoms with van der Waals surface area (Å²) in [5.74, 6) is -0.575. The maximum Gasteiger partial charge on any atom is 0.306 e. The number of unbranched alkanes of at least 4 members (excludes halogenated alkanes) is 39. The van der Waals surface area contributed by atoms with Crippen LogP contribution in [0, 0.1) is 0 Å². The standard InChI is InChI=1S/C74H130O5/c1-3-5-7-9-11-13-15-17-19-21-23-25-27-29-30-31-32-33-34-35-36-37-38-39-40-41-42-43-44-45-47-49-51-53-55-57-59-61-63-65-67-69-74(77)79-72(70-75)71-78-73(76)68-66-64-62-60-58-56-54-52-50-48-46-28-26-24-22-20-18-16-14-12-10-8-6-4-2/h5,7,11,13,17,19,23,25,29-30,32-33,35-36,38-39,72,75H,3-4,6,8-10,12,14-16,18,20-22,24,26-28,31,34,37,40-71H2,1-2H3/b7-5-,13-11-,19-17-,25-23-,30-29-,33-32-,36-35-,39-38-. The Morgan fingerprint density at radius 3 is 0.823 bits per heavy atom. The summed E-state index contributed by atoms with van der Waals surface area (Å²) in [5, 5.41) is 9.69. The predicted octanol–water partition coefficient (Wildman–Crippen LogP) is 23.8. The van der Waals surface area contributed by atoms with Crippen LogP contribution in [-0.2, 0) is 19.1 Å². The zero-order chi connectivity index (χ0) is 56.9. The molecule has 0 aromatic rings. The highest BCUT2D eigenvalue weighted by Gasteiger charge is 2.16. The highest BCUT2D eigenvalue weighted by molar-refractivity contribution is 5.70. The maximum atomic E-state index is 12.4. The first-order valence-corrected chi connectivity index (χ1v) is 34.3. The second kappa shape index (κ2) is 69.1. The first kappa shape index (κ1) is 75.8. The molecule has 79 heavy (non-hydrogen) atoms. The van der Waals surface area contributed by atoms with Crippen molar-refractivity contribution in [2.45, 2.75) is 347 Å². The molecule has 0 fully saturated rings. The van der Waals surface area contributed by atoms with Gasteiger partial charge in [-0.15, -0.1) is 0 Å². The van der Waals surface area contributed by atoms with Crippen molar-refractivity contribution in [2.24, 2.45) is 0 Å². The minimum Gasteiger partial charge on any atom is -0.462 e. The molecule has 0 aromatic heterocycles. The zero-order valence-corrected chi connectivity index (χ0v) is 52.4. The Balaban J connectivity index is 3.46. The van der Waals surface area contributed by atoms with E-state index in [0.29, 0.717) is 12.8 Å². The molecule has 0 spiro atoms. The van der Waals surface area contributed by atoms with Crippen LogP contribution in [0.25, 0.3) is 0 Å². The van der Waals surface area contributed by atoms with Crippen molar-refractivity contribution in [1.82, 2.24) is 0 Å². The van der Waals surface area contributed by atoms with Gasteiger partial charge in [0.05, 0.1) is 6.61 Å². The number of allylic oxidation sites excluding steroid dienone is 16. The number of aliphatic hydroxyl groups excluding tert-OH is 1. The third kappa shape index (κ3) is 67.2. The van der Waals surface area contributed by atoms with Crippen LogP contribution < -0.4 is 0 Å². The lowest BCUT2D eigenvalue weighted by Crippen LogP contribution is -2.28. The predicted molar refractivity (Wildman–Crippen MR) is 348 cm³/mol. The van der Waals surface area contributed by atoms with Gasteiger partial charge in [0.2, 0.25) is 0 Å². The van der Waals surface area contributed by atoms with E-state index in [1.165, 1.54) is 225 Å². The number of carbonyl (C=O) groups excluding carboxylic acids is 2. The summed E-state index contributed by atoms with van der Waals surface area (Å²) in [6.45, 7) is 4.07. The number of carbonyl (C=O) groups is 2. The van der Waals surface area contributed by atoms with Gasteiger partial charge in [0.25, 0.3) is 0 Å². The minimum absolute atomic E-state index is 0.0632. The van der Waals surface area contributed by atoms with E-state index in [4.69, 9.17) is 9.47 Å². The molecule has 1 unspecified atom stereocenters. The summed E-state index contributed by atoms with van der Waals surface area (Å²) in [4.78, 5) is 24.6. The van der Waals surface area contributed by atoms with E-state index in [1.54, 1.807) is 0 Å². The maximum absolute atomic E-state index is 12.4. The van der Waals surface area contributed by atoms with E-state index in [0.717, 1.165) is 89.9 Å². The average molecular weight is 1100 g/mol. The molecule has 0 aliphatic heterocycles. The van der Waals surface area contributed by atoms with Crippen molar-refractivity contribution in [2.75, 3.05) is 13.2 Å². The molecule has 0 aliphatic carbocycles. The number of aliphatic hydroxyl groups is 1. The Kier molecular flexibility index (Phi) is 66.3. The topological polar surface area (TPSA) is 72.8 Å². The summed E-state index contributed by atoms with van der Waals surface area (Å²) in [6.07, 6.45) is 98.6. The van der Waals surface area contributed by atoms with Crippen LogP contribution in [0.15, 0.2) is 97.2 Å². The molecule has 1 N–H and O–H groups in total. The number of hydrogen-bond acceptors (Lipinski definition) is 5. The van der Waals surface area contributed by atoms with Gasteiger partial charge >= 0.3 is 11.9 Å². The van der Waals surface area contributed by atoms with Crippen LogP contribution in [0.2, 0.25) is 0 Å². The molecule has 0 radical (unpaired) electrons. The monoisotopic (exact) mass is 1100 g/mol. The average Bonchev–Trinajstić information content (AvgIpc) is 3.45. The minimum atomic E-state index is -0.774. The molecular formula is C74H130O5. The lowest BCUT2D eigenvalue weighted by molar-refractivity contribution is -0.161. The molecule has 0 saturated heterocycles. The highest BCUT2D eigenvalue weighted by atomic mass is 16.6. The molecule has 0 aliphatic rings. The van der Waals surface area contributed by atoms with Crippen molar-refractivity contribution < 1.29 is 24.2 Å². The Hall–Kier alpha value is -3.18. The number of esters is 2. The van der Waals surface area contributed by atoms with Gasteiger partial charge < -0.3 is 14.6 Å². The van der Waals surface area contributed by atoms with Gasteiger partial charge in [-0.25, -0.2) is 0 Å². The van der Waals surface area contributed by atoms with Crippen molar-refractivity contribution in [1.29, 1.82) is 0 Å².